The normalized spacial score (nSPS) is 9.87. The molecule has 2 rings (SSSR count). The molecule has 1 heterocycles. The van der Waals surface area contributed by atoms with Crippen molar-refractivity contribution in [1.82, 2.24) is 9.78 Å². The monoisotopic (exact) mass is 356 g/mol. The molecule has 1 aromatic carbocycles. The van der Waals surface area contributed by atoms with E-state index in [1.165, 1.54) is 20.0 Å². The number of hydrogen-bond donors (Lipinski definition) is 0. The van der Waals surface area contributed by atoms with Gasteiger partial charge < -0.3 is 4.74 Å². The van der Waals surface area contributed by atoms with E-state index in [2.05, 4.69) is 5.10 Å². The number of aryl methyl sites for hydroxylation is 2. The maximum absolute atomic E-state index is 11.8. The van der Waals surface area contributed by atoms with E-state index in [1.807, 2.05) is 20.8 Å². The van der Waals surface area contributed by atoms with E-state index >= 15 is 0 Å². The van der Waals surface area contributed by atoms with Crippen LogP contribution in [-0.2, 0) is 7.05 Å². The Labute approximate surface area is 144 Å². The molecule has 0 amide bonds. The highest BCUT2D eigenvalue weighted by atomic mass is 35.5. The van der Waals surface area contributed by atoms with E-state index < -0.39 is 5.56 Å². The van der Waals surface area contributed by atoms with E-state index in [1.54, 1.807) is 12.1 Å². The molecule has 7 heteroatoms. The SMILES string of the molecule is CC.CC(=O)c1cc(Oc2c(Cl)cc(C)cc2Cl)nn(C)c1=O. The Balaban J connectivity index is 0.00000127. The summed E-state index contributed by atoms with van der Waals surface area (Å²) in [6.45, 7) is 7.15. The van der Waals surface area contributed by atoms with Gasteiger partial charge in [-0.25, -0.2) is 4.68 Å². The molecule has 0 fully saturated rings. The smallest absolute Gasteiger partial charge is 0.277 e. The number of ketones is 1. The number of hydrogen-bond acceptors (Lipinski definition) is 4. The van der Waals surface area contributed by atoms with Crippen LogP contribution in [0.2, 0.25) is 10.0 Å². The minimum atomic E-state index is -0.490. The van der Waals surface area contributed by atoms with Crippen molar-refractivity contribution >= 4 is 29.0 Å². The number of nitrogens with zero attached hydrogens (tertiary/aromatic N) is 2. The predicted octanol–water partition coefficient (Wildman–Crippen LogP) is 4.42. The van der Waals surface area contributed by atoms with Crippen LogP contribution in [0.4, 0.5) is 0 Å². The summed E-state index contributed by atoms with van der Waals surface area (Å²) in [5.41, 5.74) is 0.382. The zero-order valence-electron chi connectivity index (χ0n) is 13.6. The van der Waals surface area contributed by atoms with Gasteiger partial charge in [0.2, 0.25) is 5.88 Å². The molecule has 1 aromatic heterocycles. The van der Waals surface area contributed by atoms with Crippen molar-refractivity contribution in [3.8, 4) is 11.6 Å². The minimum Gasteiger partial charge on any atom is -0.434 e. The first-order valence-corrected chi connectivity index (χ1v) is 7.78. The number of ether oxygens (including phenoxy) is 1. The Morgan fingerprint density at radius 1 is 1.17 bits per heavy atom. The average molecular weight is 357 g/mol. The molecule has 0 unspecified atom stereocenters. The lowest BCUT2D eigenvalue weighted by atomic mass is 10.2. The molecule has 0 aliphatic heterocycles. The fourth-order valence-electron chi connectivity index (χ4n) is 1.77. The van der Waals surface area contributed by atoms with Crippen molar-refractivity contribution in [1.29, 1.82) is 0 Å². The number of halogens is 2. The highest BCUT2D eigenvalue weighted by Crippen LogP contribution is 2.36. The van der Waals surface area contributed by atoms with Crippen molar-refractivity contribution in [3.05, 3.63) is 49.7 Å². The van der Waals surface area contributed by atoms with E-state index in [4.69, 9.17) is 27.9 Å². The molecular formula is C16H18Cl2N2O3. The second-order valence-electron chi connectivity index (χ2n) is 4.54. The van der Waals surface area contributed by atoms with Gasteiger partial charge in [-0.05, 0) is 31.5 Å². The van der Waals surface area contributed by atoms with E-state index in [0.717, 1.165) is 10.2 Å². The third kappa shape index (κ3) is 4.56. The standard InChI is InChI=1S/C14H12Cl2N2O3.C2H6/c1-7-4-10(15)13(11(16)5-7)21-12-6-9(8(2)19)14(20)18(3)17-12;1-2/h4-6H,1-3H3;1-2H3. The predicted molar refractivity (Wildman–Crippen MR) is 92.1 cm³/mol. The lowest BCUT2D eigenvalue weighted by molar-refractivity contribution is 0.101. The number of benzene rings is 1. The van der Waals surface area contributed by atoms with Gasteiger partial charge in [0.1, 0.15) is 0 Å². The molecule has 0 bridgehead atoms. The number of carbonyl (C=O) groups excluding carboxylic acids is 1. The lowest BCUT2D eigenvalue weighted by Crippen LogP contribution is -2.25. The summed E-state index contributed by atoms with van der Waals surface area (Å²) in [5.74, 6) is -0.0801. The van der Waals surface area contributed by atoms with Gasteiger partial charge in [-0.15, -0.1) is 5.10 Å². The molecule has 2 aromatic rings. The largest absolute Gasteiger partial charge is 0.434 e. The minimum absolute atomic E-state index is 0.0122. The topological polar surface area (TPSA) is 61.2 Å². The van der Waals surface area contributed by atoms with Crippen LogP contribution in [0.25, 0.3) is 0 Å². The Kier molecular flexibility index (Phi) is 6.79. The number of aromatic nitrogens is 2. The molecule has 0 spiro atoms. The van der Waals surface area contributed by atoms with E-state index in [9.17, 15) is 9.59 Å². The maximum Gasteiger partial charge on any atom is 0.277 e. The van der Waals surface area contributed by atoms with Crippen molar-refractivity contribution in [2.24, 2.45) is 7.05 Å². The van der Waals surface area contributed by atoms with Crippen molar-refractivity contribution < 1.29 is 9.53 Å². The van der Waals surface area contributed by atoms with Gasteiger partial charge in [0.05, 0.1) is 15.6 Å². The van der Waals surface area contributed by atoms with E-state index in [-0.39, 0.29) is 23.0 Å². The molecule has 23 heavy (non-hydrogen) atoms. The van der Waals surface area contributed by atoms with Gasteiger partial charge in [0, 0.05) is 13.1 Å². The average Bonchev–Trinajstić information content (AvgIpc) is 2.48. The zero-order chi connectivity index (χ0) is 17.7. The van der Waals surface area contributed by atoms with Crippen LogP contribution in [0, 0.1) is 6.92 Å². The first-order chi connectivity index (χ1) is 10.8. The second kappa shape index (κ2) is 8.13. The fraction of sp³-hybridized carbons (Fsp3) is 0.312. The lowest BCUT2D eigenvalue weighted by Gasteiger charge is -2.11. The summed E-state index contributed by atoms with van der Waals surface area (Å²) in [6, 6.07) is 4.66. The van der Waals surface area contributed by atoms with Crippen molar-refractivity contribution in [2.45, 2.75) is 27.7 Å². The van der Waals surface area contributed by atoms with Crippen LogP contribution in [0.1, 0.15) is 36.7 Å². The summed E-state index contributed by atoms with van der Waals surface area (Å²) in [6.07, 6.45) is 0. The van der Waals surface area contributed by atoms with E-state index in [0.29, 0.717) is 10.0 Å². The van der Waals surface area contributed by atoms with Gasteiger partial charge in [-0.3, -0.25) is 9.59 Å². The second-order valence-corrected chi connectivity index (χ2v) is 5.36. The molecule has 0 atom stereocenters. The highest BCUT2D eigenvalue weighted by Gasteiger charge is 2.15. The summed E-state index contributed by atoms with van der Waals surface area (Å²) in [4.78, 5) is 23.2. The molecule has 0 saturated carbocycles. The third-order valence-electron chi connectivity index (χ3n) is 2.77. The molecule has 124 valence electrons. The Morgan fingerprint density at radius 3 is 2.17 bits per heavy atom. The number of Topliss-reactive ketones (excluding diaryl/α,β-unsaturated/α-hetero) is 1. The van der Waals surface area contributed by atoms with Gasteiger partial charge in [0.25, 0.3) is 5.56 Å². The number of carbonyl (C=O) groups is 1. The third-order valence-corrected chi connectivity index (χ3v) is 3.33. The first-order valence-electron chi connectivity index (χ1n) is 7.02. The van der Waals surface area contributed by atoms with Crippen LogP contribution in [-0.4, -0.2) is 15.6 Å². The van der Waals surface area contributed by atoms with Crippen molar-refractivity contribution in [2.75, 3.05) is 0 Å². The fourth-order valence-corrected chi connectivity index (χ4v) is 2.45. The Bertz CT molecular complexity index is 762. The van der Waals surface area contributed by atoms with Crippen LogP contribution in [0.3, 0.4) is 0 Å². The quantitative estimate of drug-likeness (QED) is 0.763. The molecule has 0 aliphatic carbocycles. The summed E-state index contributed by atoms with van der Waals surface area (Å²) in [7, 11) is 1.43. The van der Waals surface area contributed by atoms with Crippen LogP contribution in [0.5, 0.6) is 11.6 Å². The highest BCUT2D eigenvalue weighted by molar-refractivity contribution is 6.37. The van der Waals surface area contributed by atoms with Gasteiger partial charge >= 0.3 is 0 Å². The molecule has 5 nitrogen and oxygen atoms in total. The molecule has 0 saturated heterocycles. The molecule has 0 aliphatic rings. The summed E-state index contributed by atoms with van der Waals surface area (Å²) in [5, 5.41) is 4.57. The molecule has 0 N–H and O–H groups in total. The van der Waals surface area contributed by atoms with Gasteiger partial charge in [-0.1, -0.05) is 37.0 Å². The summed E-state index contributed by atoms with van der Waals surface area (Å²) < 4.78 is 6.56. The first kappa shape index (κ1) is 19.2. The zero-order valence-corrected chi connectivity index (χ0v) is 15.1. The van der Waals surface area contributed by atoms with Crippen LogP contribution >= 0.6 is 23.2 Å². The van der Waals surface area contributed by atoms with Gasteiger partial charge in [0.15, 0.2) is 11.5 Å². The molecule has 0 radical (unpaired) electrons. The van der Waals surface area contributed by atoms with Crippen molar-refractivity contribution in [3.63, 3.8) is 0 Å². The van der Waals surface area contributed by atoms with Crippen LogP contribution in [0.15, 0.2) is 23.0 Å². The molecular weight excluding hydrogens is 339 g/mol. The number of rotatable bonds is 3. The Hall–Kier alpha value is -1.85. The summed E-state index contributed by atoms with van der Waals surface area (Å²) >= 11 is 12.2. The van der Waals surface area contributed by atoms with Crippen LogP contribution < -0.4 is 10.3 Å². The maximum atomic E-state index is 11.8. The van der Waals surface area contributed by atoms with Gasteiger partial charge in [-0.2, -0.15) is 0 Å². The Morgan fingerprint density at radius 2 is 1.70 bits per heavy atom.